The van der Waals surface area contributed by atoms with E-state index in [0.29, 0.717) is 6.42 Å². The fourth-order valence-corrected chi connectivity index (χ4v) is 6.17. The zero-order valence-electron chi connectivity index (χ0n) is 33.0. The molecular weight excluding hydrogens is 677 g/mol. The first-order valence-corrected chi connectivity index (χ1v) is 22.1. The molecule has 0 amide bonds. The molecule has 0 heterocycles. The van der Waals surface area contributed by atoms with Crippen LogP contribution in [0.1, 0.15) is 174 Å². The molecule has 0 aliphatic rings. The minimum absolute atomic E-state index is 0.0424. The molecule has 0 rings (SSSR count). The van der Waals surface area contributed by atoms with Crippen molar-refractivity contribution in [3.05, 3.63) is 48.6 Å². The highest BCUT2D eigenvalue weighted by Gasteiger charge is 2.25. The maximum absolute atomic E-state index is 12.5. The number of phosphoric ester groups is 1. The predicted octanol–water partition coefficient (Wildman–Crippen LogP) is 11.6. The van der Waals surface area contributed by atoms with Crippen molar-refractivity contribution in [2.45, 2.75) is 180 Å². The number of hydrogen-bond donors (Lipinski definition) is 2. The van der Waals surface area contributed by atoms with Gasteiger partial charge in [-0.15, -0.1) is 0 Å². The summed E-state index contributed by atoms with van der Waals surface area (Å²) in [6.07, 6.45) is 43.0. The molecule has 0 saturated heterocycles. The number of esters is 2. The van der Waals surface area contributed by atoms with Crippen LogP contribution in [-0.2, 0) is 32.7 Å². The maximum atomic E-state index is 12.5. The molecule has 9 nitrogen and oxygen atoms in total. The molecule has 3 N–H and O–H groups in total. The number of nitrogens with two attached hydrogens (primary N) is 1. The lowest BCUT2D eigenvalue weighted by Gasteiger charge is -2.19. The summed E-state index contributed by atoms with van der Waals surface area (Å²) in [7, 11) is -4.39. The average Bonchev–Trinajstić information content (AvgIpc) is 3.13. The number of ether oxygens (including phenoxy) is 2. The molecule has 0 bridgehead atoms. The zero-order chi connectivity index (χ0) is 38.2. The largest absolute Gasteiger partial charge is 0.472 e. The molecule has 0 aliphatic heterocycles. The first-order chi connectivity index (χ1) is 25.3. The van der Waals surface area contributed by atoms with Crippen LogP contribution in [0.25, 0.3) is 0 Å². The highest BCUT2D eigenvalue weighted by Crippen LogP contribution is 2.43. The van der Waals surface area contributed by atoms with Gasteiger partial charge in [-0.2, -0.15) is 0 Å². The number of carbonyl (C=O) groups excluding carboxylic acids is 2. The summed E-state index contributed by atoms with van der Waals surface area (Å²) in [5.41, 5.74) is 5.33. The number of hydrogen-bond acceptors (Lipinski definition) is 8. The SMILES string of the molecule is CCCCCCC=CCC=CCC=CCC=CCCC(=O)OC(COC(=O)CCCCCCCCCCCCCCCC)COP(=O)(O)OCCN. The predicted molar refractivity (Wildman–Crippen MR) is 215 cm³/mol. The van der Waals surface area contributed by atoms with E-state index in [-0.39, 0.29) is 32.6 Å². The minimum atomic E-state index is -4.39. The topological polar surface area (TPSA) is 134 Å². The Balaban J connectivity index is 4.30. The molecule has 302 valence electrons. The zero-order valence-corrected chi connectivity index (χ0v) is 33.9. The van der Waals surface area contributed by atoms with Gasteiger partial charge in [0.2, 0.25) is 0 Å². The molecule has 0 fully saturated rings. The van der Waals surface area contributed by atoms with E-state index >= 15 is 0 Å². The van der Waals surface area contributed by atoms with E-state index in [1.807, 2.05) is 12.2 Å². The van der Waals surface area contributed by atoms with E-state index in [9.17, 15) is 19.0 Å². The molecule has 0 aromatic carbocycles. The van der Waals surface area contributed by atoms with Crippen LogP contribution in [-0.4, -0.2) is 49.3 Å². The van der Waals surface area contributed by atoms with Gasteiger partial charge in [-0.3, -0.25) is 18.6 Å². The molecule has 0 aromatic rings. The van der Waals surface area contributed by atoms with Gasteiger partial charge >= 0.3 is 19.8 Å². The van der Waals surface area contributed by atoms with Gasteiger partial charge in [-0.1, -0.05) is 165 Å². The van der Waals surface area contributed by atoms with Crippen molar-refractivity contribution in [3.63, 3.8) is 0 Å². The van der Waals surface area contributed by atoms with Gasteiger partial charge < -0.3 is 20.1 Å². The van der Waals surface area contributed by atoms with Crippen LogP contribution in [0, 0.1) is 0 Å². The smallest absolute Gasteiger partial charge is 0.462 e. The lowest BCUT2D eigenvalue weighted by atomic mass is 10.0. The number of rotatable bonds is 38. The molecule has 0 aliphatic carbocycles. The summed E-state index contributed by atoms with van der Waals surface area (Å²) in [6, 6.07) is 0. The van der Waals surface area contributed by atoms with Gasteiger partial charge in [0.05, 0.1) is 13.2 Å². The van der Waals surface area contributed by atoms with E-state index in [0.717, 1.165) is 38.5 Å². The molecule has 0 saturated carbocycles. The quantitative estimate of drug-likeness (QED) is 0.0273. The molecule has 0 aromatic heterocycles. The lowest BCUT2D eigenvalue weighted by molar-refractivity contribution is -0.161. The standard InChI is InChI=1S/C42H76NO8P/c1-3-5-7-9-11-13-15-17-19-20-21-23-25-27-29-31-33-35-42(45)51-40(39-50-52(46,47)49-37-36-43)38-48-41(44)34-32-30-28-26-24-22-18-16-14-12-10-8-6-4-2/h13,15,19-20,23,25,29,31,40H,3-12,14,16-18,21-22,24,26-28,30,32-39,43H2,1-2H3,(H,46,47). The Morgan fingerprint density at radius 3 is 1.56 bits per heavy atom. The third kappa shape index (κ3) is 37.7. The molecule has 0 radical (unpaired) electrons. The fourth-order valence-electron chi connectivity index (χ4n) is 5.40. The Bertz CT molecular complexity index is 996. The lowest BCUT2D eigenvalue weighted by Crippen LogP contribution is -2.29. The van der Waals surface area contributed by atoms with Gasteiger partial charge in [-0.05, 0) is 44.9 Å². The van der Waals surface area contributed by atoms with Crippen LogP contribution in [0.5, 0.6) is 0 Å². The van der Waals surface area contributed by atoms with Crippen LogP contribution < -0.4 is 5.73 Å². The Labute approximate surface area is 317 Å². The molecule has 10 heteroatoms. The Morgan fingerprint density at radius 2 is 1.04 bits per heavy atom. The maximum Gasteiger partial charge on any atom is 0.472 e. The summed E-state index contributed by atoms with van der Waals surface area (Å²) in [4.78, 5) is 34.7. The Kier molecular flexibility index (Phi) is 37.2. The fraction of sp³-hybridized carbons (Fsp3) is 0.762. The molecule has 0 spiro atoms. The monoisotopic (exact) mass is 754 g/mol. The highest BCUT2D eigenvalue weighted by molar-refractivity contribution is 7.47. The van der Waals surface area contributed by atoms with Gasteiger partial charge in [0.25, 0.3) is 0 Å². The van der Waals surface area contributed by atoms with Crippen LogP contribution >= 0.6 is 7.82 Å². The third-order valence-electron chi connectivity index (χ3n) is 8.48. The molecule has 2 unspecified atom stereocenters. The first kappa shape index (κ1) is 50.0. The minimum Gasteiger partial charge on any atom is -0.462 e. The van der Waals surface area contributed by atoms with Gasteiger partial charge in [-0.25, -0.2) is 4.57 Å². The number of carbonyl (C=O) groups is 2. The molecular formula is C42H76NO8P. The van der Waals surface area contributed by atoms with Crippen LogP contribution in [0.3, 0.4) is 0 Å². The van der Waals surface area contributed by atoms with E-state index in [1.54, 1.807) is 0 Å². The van der Waals surface area contributed by atoms with Crippen LogP contribution in [0.2, 0.25) is 0 Å². The van der Waals surface area contributed by atoms with Crippen molar-refractivity contribution in [2.75, 3.05) is 26.4 Å². The second kappa shape index (κ2) is 38.7. The third-order valence-corrected chi connectivity index (χ3v) is 9.47. The van der Waals surface area contributed by atoms with Gasteiger partial charge in [0, 0.05) is 19.4 Å². The van der Waals surface area contributed by atoms with E-state index in [2.05, 4.69) is 50.3 Å². The second-order valence-electron chi connectivity index (χ2n) is 13.5. The van der Waals surface area contributed by atoms with Gasteiger partial charge in [0.1, 0.15) is 6.61 Å². The van der Waals surface area contributed by atoms with Crippen molar-refractivity contribution in [1.29, 1.82) is 0 Å². The van der Waals surface area contributed by atoms with E-state index in [4.69, 9.17) is 24.3 Å². The average molecular weight is 754 g/mol. The summed E-state index contributed by atoms with van der Waals surface area (Å²) >= 11 is 0. The molecule has 52 heavy (non-hydrogen) atoms. The van der Waals surface area contributed by atoms with E-state index in [1.165, 1.54) is 103 Å². The van der Waals surface area contributed by atoms with Crippen LogP contribution in [0.15, 0.2) is 48.6 Å². The van der Waals surface area contributed by atoms with E-state index < -0.39 is 32.5 Å². The normalized spacial score (nSPS) is 13.8. The Morgan fingerprint density at radius 1 is 0.577 bits per heavy atom. The van der Waals surface area contributed by atoms with Crippen molar-refractivity contribution in [3.8, 4) is 0 Å². The summed E-state index contributed by atoms with van der Waals surface area (Å²) in [6.45, 7) is 3.63. The second-order valence-corrected chi connectivity index (χ2v) is 15.0. The number of allylic oxidation sites excluding steroid dienone is 8. The van der Waals surface area contributed by atoms with Crippen molar-refractivity contribution < 1.29 is 37.6 Å². The summed E-state index contributed by atoms with van der Waals surface area (Å²) < 4.78 is 32.6. The number of unbranched alkanes of at least 4 members (excludes halogenated alkanes) is 17. The van der Waals surface area contributed by atoms with Crippen molar-refractivity contribution >= 4 is 19.8 Å². The summed E-state index contributed by atoms with van der Waals surface area (Å²) in [5, 5.41) is 0. The highest BCUT2D eigenvalue weighted by atomic mass is 31.2. The number of phosphoric acid groups is 1. The Hall–Kier alpha value is -2.03. The first-order valence-electron chi connectivity index (χ1n) is 20.6. The van der Waals surface area contributed by atoms with Crippen LogP contribution in [0.4, 0.5) is 0 Å². The van der Waals surface area contributed by atoms with Crippen molar-refractivity contribution in [2.24, 2.45) is 5.73 Å². The van der Waals surface area contributed by atoms with Gasteiger partial charge in [0.15, 0.2) is 6.10 Å². The molecule has 2 atom stereocenters. The summed E-state index contributed by atoms with van der Waals surface area (Å²) in [5.74, 6) is -0.921. The van der Waals surface area contributed by atoms with Crippen molar-refractivity contribution in [1.82, 2.24) is 0 Å².